The number of rotatable bonds is 6. The molecule has 0 spiro atoms. The van der Waals surface area contributed by atoms with Crippen LogP contribution in [0.4, 0.5) is 5.69 Å². The Morgan fingerprint density at radius 3 is 2.40 bits per heavy atom. The topological polar surface area (TPSA) is 98.7 Å². The van der Waals surface area contributed by atoms with E-state index in [4.69, 9.17) is 11.6 Å². The van der Waals surface area contributed by atoms with Crippen molar-refractivity contribution in [2.75, 3.05) is 5.32 Å². The SMILES string of the molecule is CCCC([O-])=NS(=O)(=O)c1ccc(NC(=O)c2ccccc2Cl)cc1. The molecule has 0 heterocycles. The summed E-state index contributed by atoms with van der Waals surface area (Å²) in [6.45, 7) is 1.76. The highest BCUT2D eigenvalue weighted by Crippen LogP contribution is 2.19. The number of halogens is 1. The largest absolute Gasteiger partial charge is 0.861 e. The molecular formula is C17H16ClN2O4S-. The molecule has 0 aliphatic carbocycles. The fourth-order valence-electron chi connectivity index (χ4n) is 2.00. The van der Waals surface area contributed by atoms with Gasteiger partial charge in [0.1, 0.15) is 0 Å². The van der Waals surface area contributed by atoms with Gasteiger partial charge in [0.05, 0.1) is 15.5 Å². The zero-order chi connectivity index (χ0) is 18.4. The van der Waals surface area contributed by atoms with Gasteiger partial charge in [0.15, 0.2) is 0 Å². The molecule has 1 N–H and O–H groups in total. The average molecular weight is 380 g/mol. The number of hydrogen-bond donors (Lipinski definition) is 1. The number of anilines is 1. The Morgan fingerprint density at radius 2 is 1.80 bits per heavy atom. The molecule has 0 aromatic heterocycles. The first kappa shape index (κ1) is 19.0. The number of amides is 1. The van der Waals surface area contributed by atoms with Crippen LogP contribution >= 0.6 is 11.6 Å². The maximum atomic E-state index is 12.2. The molecule has 6 nitrogen and oxygen atoms in total. The van der Waals surface area contributed by atoms with Crippen molar-refractivity contribution in [3.8, 4) is 0 Å². The van der Waals surface area contributed by atoms with Gasteiger partial charge in [0, 0.05) is 5.69 Å². The van der Waals surface area contributed by atoms with Crippen molar-refractivity contribution >= 4 is 39.1 Å². The van der Waals surface area contributed by atoms with Gasteiger partial charge in [-0.2, -0.15) is 12.8 Å². The lowest BCUT2D eigenvalue weighted by molar-refractivity contribution is -0.218. The zero-order valence-corrected chi connectivity index (χ0v) is 15.0. The standard InChI is InChI=1S/C17H17ClN2O4S/c1-2-5-16(21)20-25(23,24)13-10-8-12(9-11-13)19-17(22)14-6-3-4-7-15(14)18/h3-4,6-11H,2,5H2,1H3,(H,19,22)(H,20,21)/p-1. The predicted molar refractivity (Wildman–Crippen MR) is 95.4 cm³/mol. The van der Waals surface area contributed by atoms with E-state index in [1.54, 1.807) is 31.2 Å². The summed E-state index contributed by atoms with van der Waals surface area (Å²) in [4.78, 5) is 12.0. The van der Waals surface area contributed by atoms with Crippen molar-refractivity contribution in [1.29, 1.82) is 0 Å². The van der Waals surface area contributed by atoms with Gasteiger partial charge < -0.3 is 10.4 Å². The van der Waals surface area contributed by atoms with E-state index < -0.39 is 21.8 Å². The quantitative estimate of drug-likeness (QED) is 0.616. The molecule has 0 saturated heterocycles. The number of carbonyl (C=O) groups is 1. The van der Waals surface area contributed by atoms with Crippen molar-refractivity contribution in [2.24, 2.45) is 4.40 Å². The molecule has 1 amide bonds. The fraction of sp³-hybridized carbons (Fsp3) is 0.176. The molecule has 0 aliphatic rings. The van der Waals surface area contributed by atoms with Crippen LogP contribution in [0.3, 0.4) is 0 Å². The van der Waals surface area contributed by atoms with Crippen LogP contribution in [0.5, 0.6) is 0 Å². The lowest BCUT2D eigenvalue weighted by Crippen LogP contribution is -2.19. The van der Waals surface area contributed by atoms with Crippen LogP contribution in [0, 0.1) is 0 Å². The molecule has 8 heteroatoms. The summed E-state index contributed by atoms with van der Waals surface area (Å²) in [7, 11) is -4.04. The predicted octanol–water partition coefficient (Wildman–Crippen LogP) is 2.84. The van der Waals surface area contributed by atoms with E-state index in [1.807, 2.05) is 0 Å². The van der Waals surface area contributed by atoms with Crippen LogP contribution in [-0.2, 0) is 10.0 Å². The summed E-state index contributed by atoms with van der Waals surface area (Å²) in [5, 5.41) is 14.4. The Labute approximate surface area is 151 Å². The Bertz CT molecular complexity index is 893. The minimum absolute atomic E-state index is 0.0746. The summed E-state index contributed by atoms with van der Waals surface area (Å²) >= 11 is 5.96. The maximum Gasteiger partial charge on any atom is 0.281 e. The molecule has 0 saturated carbocycles. The van der Waals surface area contributed by atoms with E-state index in [0.29, 0.717) is 22.7 Å². The highest BCUT2D eigenvalue weighted by molar-refractivity contribution is 7.90. The van der Waals surface area contributed by atoms with E-state index in [0.717, 1.165) is 0 Å². The summed E-state index contributed by atoms with van der Waals surface area (Å²) in [5.41, 5.74) is 0.699. The van der Waals surface area contributed by atoms with Crippen LogP contribution in [0.25, 0.3) is 0 Å². The minimum atomic E-state index is -4.04. The van der Waals surface area contributed by atoms with Gasteiger partial charge in [-0.05, 0) is 48.7 Å². The molecule has 0 fully saturated rings. The van der Waals surface area contributed by atoms with Gasteiger partial charge in [-0.15, -0.1) is 0 Å². The van der Waals surface area contributed by atoms with Crippen molar-refractivity contribution in [3.63, 3.8) is 0 Å². The smallest absolute Gasteiger partial charge is 0.281 e. The van der Waals surface area contributed by atoms with Gasteiger partial charge in [-0.25, -0.2) is 0 Å². The third-order valence-electron chi connectivity index (χ3n) is 3.21. The van der Waals surface area contributed by atoms with Crippen LogP contribution in [0.2, 0.25) is 5.02 Å². The molecule has 0 atom stereocenters. The van der Waals surface area contributed by atoms with E-state index in [2.05, 4.69) is 9.71 Å². The number of hydrogen-bond acceptors (Lipinski definition) is 4. The molecule has 0 aliphatic heterocycles. The number of nitrogens with one attached hydrogen (secondary N) is 1. The summed E-state index contributed by atoms with van der Waals surface area (Å²) < 4.78 is 27.3. The first-order chi connectivity index (χ1) is 11.8. The van der Waals surface area contributed by atoms with Crippen molar-refractivity contribution in [1.82, 2.24) is 0 Å². The van der Waals surface area contributed by atoms with Crippen LogP contribution in [0.15, 0.2) is 57.8 Å². The second-order valence-corrected chi connectivity index (χ2v) is 7.18. The molecule has 132 valence electrons. The van der Waals surface area contributed by atoms with E-state index in [1.165, 1.54) is 24.3 Å². The molecule has 2 aromatic rings. The molecule has 0 unspecified atom stereocenters. The number of nitrogens with zero attached hydrogens (tertiary/aromatic N) is 1. The van der Waals surface area contributed by atoms with Gasteiger partial charge >= 0.3 is 0 Å². The van der Waals surface area contributed by atoms with Gasteiger partial charge in [-0.1, -0.05) is 37.1 Å². The zero-order valence-electron chi connectivity index (χ0n) is 13.4. The molecular weight excluding hydrogens is 364 g/mol. The second kappa shape index (κ2) is 8.13. The summed E-state index contributed by atoms with van der Waals surface area (Å²) in [6, 6.07) is 12.0. The highest BCUT2D eigenvalue weighted by atomic mass is 35.5. The molecule has 25 heavy (non-hydrogen) atoms. The first-order valence-corrected chi connectivity index (χ1v) is 9.32. The van der Waals surface area contributed by atoms with Crippen LogP contribution < -0.4 is 10.4 Å². The molecule has 2 aromatic carbocycles. The first-order valence-electron chi connectivity index (χ1n) is 7.50. The molecule has 0 radical (unpaired) electrons. The van der Waals surface area contributed by atoms with Crippen molar-refractivity contribution < 1.29 is 18.3 Å². The third-order valence-corrected chi connectivity index (χ3v) is 4.86. The second-order valence-electron chi connectivity index (χ2n) is 5.17. The van der Waals surface area contributed by atoms with Gasteiger partial charge in [0.25, 0.3) is 15.9 Å². The Hall–Kier alpha value is -2.38. The fourth-order valence-corrected chi connectivity index (χ4v) is 3.17. The third kappa shape index (κ3) is 5.04. The van der Waals surface area contributed by atoms with Crippen LogP contribution in [-0.4, -0.2) is 20.2 Å². The highest BCUT2D eigenvalue weighted by Gasteiger charge is 2.13. The van der Waals surface area contributed by atoms with Crippen molar-refractivity contribution in [2.45, 2.75) is 24.7 Å². The Kier molecular flexibility index (Phi) is 6.17. The number of benzene rings is 2. The van der Waals surface area contributed by atoms with Crippen molar-refractivity contribution in [3.05, 3.63) is 59.1 Å². The molecule has 2 rings (SSSR count). The Morgan fingerprint density at radius 1 is 1.16 bits per heavy atom. The monoisotopic (exact) mass is 379 g/mol. The average Bonchev–Trinajstić information content (AvgIpc) is 2.55. The lowest BCUT2D eigenvalue weighted by Gasteiger charge is -2.10. The summed E-state index contributed by atoms with van der Waals surface area (Å²) in [5.74, 6) is -1.09. The van der Waals surface area contributed by atoms with E-state index >= 15 is 0 Å². The van der Waals surface area contributed by atoms with Crippen LogP contribution in [0.1, 0.15) is 30.1 Å². The maximum absolute atomic E-state index is 12.2. The lowest BCUT2D eigenvalue weighted by atomic mass is 10.2. The number of carbonyl (C=O) groups excluding carboxylic acids is 1. The van der Waals surface area contributed by atoms with E-state index in [-0.39, 0.29) is 11.3 Å². The van der Waals surface area contributed by atoms with E-state index in [9.17, 15) is 18.3 Å². The number of sulfonamides is 1. The normalized spacial score (nSPS) is 12.0. The molecule has 0 bridgehead atoms. The van der Waals surface area contributed by atoms with Gasteiger partial charge in [0.2, 0.25) is 0 Å². The minimum Gasteiger partial charge on any atom is -0.861 e. The Balaban J connectivity index is 2.16. The summed E-state index contributed by atoms with van der Waals surface area (Å²) in [6.07, 6.45) is 0.593. The van der Waals surface area contributed by atoms with Gasteiger partial charge in [-0.3, -0.25) is 4.79 Å².